The van der Waals surface area contributed by atoms with E-state index in [0.717, 1.165) is 11.1 Å². The molecule has 0 saturated heterocycles. The van der Waals surface area contributed by atoms with Gasteiger partial charge in [0, 0.05) is 19.5 Å². The molecule has 2 rings (SSSR count). The van der Waals surface area contributed by atoms with Crippen LogP contribution in [0.2, 0.25) is 0 Å². The minimum Gasteiger partial charge on any atom is -0.382 e. The van der Waals surface area contributed by atoms with Gasteiger partial charge in [-0.25, -0.2) is 4.39 Å². The molecule has 1 amide bonds. The highest BCUT2D eigenvalue weighted by Gasteiger charge is 2.19. The Morgan fingerprint density at radius 3 is 1.86 bits per heavy atom. The van der Waals surface area contributed by atoms with Crippen molar-refractivity contribution in [2.24, 2.45) is 5.92 Å². The van der Waals surface area contributed by atoms with E-state index in [-0.39, 0.29) is 23.4 Å². The molecule has 5 nitrogen and oxygen atoms in total. The molecule has 0 unspecified atom stereocenters. The molecule has 2 aromatic carbocycles. The number of nitrogens with zero attached hydrogens (tertiary/aromatic N) is 1. The average molecular weight is 422 g/mol. The van der Waals surface area contributed by atoms with Crippen LogP contribution in [-0.4, -0.2) is 24.5 Å². The molecule has 0 radical (unpaired) electrons. The van der Waals surface area contributed by atoms with Crippen molar-refractivity contribution < 1.29 is 21.8 Å². The van der Waals surface area contributed by atoms with Crippen molar-refractivity contribution in [1.82, 2.24) is 4.90 Å². The molecule has 0 spiro atoms. The Hall–Kier alpha value is -2.41. The molecule has 0 bridgehead atoms. The molecular weight excluding hydrogens is 393 g/mol. The Morgan fingerprint density at radius 1 is 0.931 bits per heavy atom. The highest BCUT2D eigenvalue weighted by molar-refractivity contribution is 7.87. The zero-order valence-electron chi connectivity index (χ0n) is 17.3. The van der Waals surface area contributed by atoms with E-state index in [1.807, 2.05) is 13.8 Å². The first-order valence-electron chi connectivity index (χ1n) is 9.61. The van der Waals surface area contributed by atoms with Crippen LogP contribution in [-0.2, 0) is 28.0 Å². The number of hydrogen-bond acceptors (Lipinski definition) is 4. The molecule has 29 heavy (non-hydrogen) atoms. The quantitative estimate of drug-likeness (QED) is 0.559. The van der Waals surface area contributed by atoms with Gasteiger partial charge in [0.05, 0.1) is 5.25 Å². The lowest BCUT2D eigenvalue weighted by atomic mass is 10.1. The smallest absolute Gasteiger partial charge is 0.311 e. The van der Waals surface area contributed by atoms with Crippen LogP contribution >= 0.6 is 0 Å². The molecule has 0 N–H and O–H groups in total. The molecule has 0 aromatic heterocycles. The first kappa shape index (κ1) is 22.9. The first-order valence-corrected chi connectivity index (χ1v) is 11.1. The summed E-state index contributed by atoms with van der Waals surface area (Å²) in [6, 6.07) is 12.7. The molecule has 7 heteroatoms. The fourth-order valence-corrected chi connectivity index (χ4v) is 3.19. The molecule has 0 saturated carbocycles. The van der Waals surface area contributed by atoms with Crippen LogP contribution in [0.1, 0.15) is 45.2 Å². The van der Waals surface area contributed by atoms with Crippen LogP contribution in [0.3, 0.4) is 0 Å². The van der Waals surface area contributed by atoms with E-state index < -0.39 is 15.4 Å². The Kier molecular flexibility index (Phi) is 7.79. The van der Waals surface area contributed by atoms with Crippen LogP contribution in [0.5, 0.6) is 5.75 Å². The van der Waals surface area contributed by atoms with E-state index in [1.165, 1.54) is 12.1 Å². The van der Waals surface area contributed by atoms with Gasteiger partial charge in [-0.1, -0.05) is 38.1 Å². The van der Waals surface area contributed by atoms with E-state index in [0.29, 0.717) is 19.5 Å². The van der Waals surface area contributed by atoms with Crippen molar-refractivity contribution in [3.05, 3.63) is 65.5 Å². The summed E-state index contributed by atoms with van der Waals surface area (Å²) in [5, 5.41) is -0.637. The lowest BCUT2D eigenvalue weighted by molar-refractivity contribution is -0.133. The van der Waals surface area contributed by atoms with Gasteiger partial charge in [-0.05, 0) is 55.2 Å². The van der Waals surface area contributed by atoms with Gasteiger partial charge in [0.2, 0.25) is 5.91 Å². The fraction of sp³-hybridized carbons (Fsp3) is 0.409. The summed E-state index contributed by atoms with van der Waals surface area (Å²) in [5.41, 5.74) is 1.69. The summed E-state index contributed by atoms with van der Waals surface area (Å²) >= 11 is 0. The number of rotatable bonds is 9. The molecule has 2 aromatic rings. The third-order valence-electron chi connectivity index (χ3n) is 4.31. The SMILES string of the molecule is CC(C)CC(=O)N(Cc1ccc(F)cc1)Cc1ccc(OS(=O)(=O)C(C)C)cc1. The monoisotopic (exact) mass is 421 g/mol. The predicted octanol–water partition coefficient (Wildman–Crippen LogP) is 4.52. The van der Waals surface area contributed by atoms with E-state index in [2.05, 4.69) is 0 Å². The number of carbonyl (C=O) groups is 1. The molecule has 158 valence electrons. The van der Waals surface area contributed by atoms with Crippen LogP contribution in [0.4, 0.5) is 4.39 Å². The van der Waals surface area contributed by atoms with Crippen LogP contribution in [0.25, 0.3) is 0 Å². The number of carbonyl (C=O) groups excluding carboxylic acids is 1. The largest absolute Gasteiger partial charge is 0.382 e. The molecule has 0 aliphatic carbocycles. The van der Waals surface area contributed by atoms with Crippen molar-refractivity contribution in [2.45, 2.75) is 52.5 Å². The van der Waals surface area contributed by atoms with Crippen molar-refractivity contribution >= 4 is 16.0 Å². The minimum atomic E-state index is -3.65. The number of amides is 1. The fourth-order valence-electron chi connectivity index (χ4n) is 2.62. The second kappa shape index (κ2) is 9.87. The number of benzene rings is 2. The number of hydrogen-bond donors (Lipinski definition) is 0. The molecule has 0 atom stereocenters. The summed E-state index contributed by atoms with van der Waals surface area (Å²) in [4.78, 5) is 14.4. The van der Waals surface area contributed by atoms with Gasteiger partial charge in [-0.3, -0.25) is 4.79 Å². The zero-order chi connectivity index (χ0) is 21.6. The van der Waals surface area contributed by atoms with Gasteiger partial charge in [0.15, 0.2) is 0 Å². The van der Waals surface area contributed by atoms with E-state index in [1.54, 1.807) is 55.1 Å². The Bertz CT molecular complexity index is 907. The van der Waals surface area contributed by atoms with Gasteiger partial charge in [-0.15, -0.1) is 0 Å². The Labute approximate surface area is 172 Å². The van der Waals surface area contributed by atoms with E-state index in [9.17, 15) is 17.6 Å². The molecule has 0 aliphatic rings. The van der Waals surface area contributed by atoms with Gasteiger partial charge in [-0.2, -0.15) is 8.42 Å². The van der Waals surface area contributed by atoms with Gasteiger partial charge in [0.25, 0.3) is 0 Å². The van der Waals surface area contributed by atoms with Crippen molar-refractivity contribution in [3.8, 4) is 5.75 Å². The predicted molar refractivity (Wildman–Crippen MR) is 111 cm³/mol. The maximum absolute atomic E-state index is 13.2. The number of halogens is 1. The summed E-state index contributed by atoms with van der Waals surface area (Å²) in [5.74, 6) is 0.143. The minimum absolute atomic E-state index is 0.00652. The lowest BCUT2D eigenvalue weighted by Gasteiger charge is -2.24. The topological polar surface area (TPSA) is 63.7 Å². The first-order chi connectivity index (χ1) is 13.6. The Balaban J connectivity index is 2.15. The highest BCUT2D eigenvalue weighted by Crippen LogP contribution is 2.19. The molecule has 0 aliphatic heterocycles. The van der Waals surface area contributed by atoms with E-state index >= 15 is 0 Å². The van der Waals surface area contributed by atoms with Crippen molar-refractivity contribution in [2.75, 3.05) is 0 Å². The normalized spacial score (nSPS) is 11.7. The second-order valence-electron chi connectivity index (χ2n) is 7.74. The maximum Gasteiger partial charge on any atom is 0.311 e. The highest BCUT2D eigenvalue weighted by atomic mass is 32.2. The maximum atomic E-state index is 13.2. The Morgan fingerprint density at radius 2 is 1.41 bits per heavy atom. The molecule has 0 fully saturated rings. The summed E-state index contributed by atoms with van der Waals surface area (Å²) in [6.45, 7) is 7.80. The third-order valence-corrected chi connectivity index (χ3v) is 5.89. The van der Waals surface area contributed by atoms with Crippen molar-refractivity contribution in [1.29, 1.82) is 0 Å². The molecule has 0 heterocycles. The van der Waals surface area contributed by atoms with Crippen LogP contribution in [0.15, 0.2) is 48.5 Å². The summed E-state index contributed by atoms with van der Waals surface area (Å²) in [6.07, 6.45) is 0.412. The van der Waals surface area contributed by atoms with Gasteiger partial charge in [0.1, 0.15) is 11.6 Å². The summed E-state index contributed by atoms with van der Waals surface area (Å²) < 4.78 is 42.0. The zero-order valence-corrected chi connectivity index (χ0v) is 18.1. The van der Waals surface area contributed by atoms with E-state index in [4.69, 9.17) is 4.18 Å². The van der Waals surface area contributed by atoms with Crippen LogP contribution in [0, 0.1) is 11.7 Å². The van der Waals surface area contributed by atoms with Crippen LogP contribution < -0.4 is 4.18 Å². The molecular formula is C22H28FNO4S. The lowest BCUT2D eigenvalue weighted by Crippen LogP contribution is -2.30. The standard InChI is InChI=1S/C22H28FNO4S/c1-16(2)13-22(25)24(14-18-5-9-20(23)10-6-18)15-19-7-11-21(12-8-19)28-29(26,27)17(3)4/h5-12,16-17H,13-15H2,1-4H3. The summed E-state index contributed by atoms with van der Waals surface area (Å²) in [7, 11) is -3.65. The third kappa shape index (κ3) is 7.16. The van der Waals surface area contributed by atoms with Gasteiger partial charge >= 0.3 is 10.1 Å². The van der Waals surface area contributed by atoms with Gasteiger partial charge < -0.3 is 9.08 Å². The second-order valence-corrected chi connectivity index (χ2v) is 9.84. The van der Waals surface area contributed by atoms with Crippen molar-refractivity contribution in [3.63, 3.8) is 0 Å². The average Bonchev–Trinajstić information content (AvgIpc) is 2.63.